The highest BCUT2D eigenvalue weighted by Crippen LogP contribution is 2.30. The number of nitrogens with one attached hydrogen (secondary N) is 1. The summed E-state index contributed by atoms with van der Waals surface area (Å²) in [4.78, 5) is 0. The zero-order chi connectivity index (χ0) is 14.1. The van der Waals surface area contributed by atoms with E-state index in [0.29, 0.717) is 11.3 Å². The van der Waals surface area contributed by atoms with Gasteiger partial charge in [0.05, 0.1) is 11.5 Å². The molecule has 106 valence electrons. The number of anilines is 1. The maximum atomic E-state index is 11.7. The van der Waals surface area contributed by atoms with Crippen molar-refractivity contribution in [1.29, 1.82) is 0 Å². The van der Waals surface area contributed by atoms with Gasteiger partial charge in [0.25, 0.3) is 0 Å². The van der Waals surface area contributed by atoms with Crippen LogP contribution in [0.4, 0.5) is 5.69 Å². The fourth-order valence-corrected chi connectivity index (χ4v) is 3.91. The average Bonchev–Trinajstić information content (AvgIpc) is 3.01. The smallest absolute Gasteiger partial charge is 0.232 e. The summed E-state index contributed by atoms with van der Waals surface area (Å²) in [6, 6.07) is 6.15. The van der Waals surface area contributed by atoms with Crippen LogP contribution < -0.4 is 9.86 Å². The predicted octanol–water partition coefficient (Wildman–Crippen LogP) is 0.627. The summed E-state index contributed by atoms with van der Waals surface area (Å²) in [5, 5.41) is 4.93. The first-order valence-corrected chi connectivity index (χ1v) is 9.20. The Balaban J connectivity index is 2.02. The van der Waals surface area contributed by atoms with Crippen LogP contribution in [0.15, 0.2) is 24.3 Å². The molecule has 19 heavy (non-hydrogen) atoms. The van der Waals surface area contributed by atoms with Crippen molar-refractivity contribution in [3.05, 3.63) is 29.8 Å². The van der Waals surface area contributed by atoms with Crippen LogP contribution in [0.3, 0.4) is 0 Å². The van der Waals surface area contributed by atoms with Gasteiger partial charge in [0, 0.05) is 5.69 Å². The number of rotatable bonds is 6. The number of hydrogen-bond acceptors (Lipinski definition) is 4. The van der Waals surface area contributed by atoms with E-state index in [9.17, 15) is 16.8 Å². The largest absolute Gasteiger partial charge is 0.284 e. The molecule has 2 rings (SSSR count). The molecule has 0 amide bonds. The van der Waals surface area contributed by atoms with Crippen molar-refractivity contribution in [2.24, 2.45) is 11.1 Å². The first kappa shape index (κ1) is 14.3. The molecule has 0 atom stereocenters. The topological polar surface area (TPSA) is 106 Å². The third kappa shape index (κ3) is 5.17. The maximum Gasteiger partial charge on any atom is 0.232 e. The highest BCUT2D eigenvalue weighted by Gasteiger charge is 2.27. The van der Waals surface area contributed by atoms with Gasteiger partial charge < -0.3 is 0 Å². The first-order valence-electron chi connectivity index (χ1n) is 5.83. The maximum absolute atomic E-state index is 11.7. The Labute approximate surface area is 113 Å². The summed E-state index contributed by atoms with van der Waals surface area (Å²) in [7, 11) is -6.88. The molecule has 0 aliphatic heterocycles. The van der Waals surface area contributed by atoms with Crippen LogP contribution in [0.2, 0.25) is 0 Å². The van der Waals surface area contributed by atoms with Gasteiger partial charge in [-0.05, 0) is 36.5 Å². The second-order valence-corrected chi connectivity index (χ2v) is 8.21. The fraction of sp³-hybridized carbons (Fsp3) is 0.455. The van der Waals surface area contributed by atoms with Gasteiger partial charge in [-0.15, -0.1) is 0 Å². The Kier molecular flexibility index (Phi) is 3.84. The van der Waals surface area contributed by atoms with E-state index in [4.69, 9.17) is 5.14 Å². The molecule has 1 aromatic rings. The van der Waals surface area contributed by atoms with Crippen molar-refractivity contribution in [3.8, 4) is 0 Å². The fourth-order valence-electron chi connectivity index (χ4n) is 1.72. The van der Waals surface area contributed by atoms with Gasteiger partial charge in [-0.2, -0.15) is 0 Å². The number of primary sulfonamides is 1. The minimum absolute atomic E-state index is 0.145. The molecule has 1 saturated carbocycles. The van der Waals surface area contributed by atoms with E-state index in [1.807, 2.05) is 0 Å². The van der Waals surface area contributed by atoms with Gasteiger partial charge in [0.15, 0.2) is 0 Å². The first-order chi connectivity index (χ1) is 8.73. The Morgan fingerprint density at radius 3 is 2.16 bits per heavy atom. The predicted molar refractivity (Wildman–Crippen MR) is 73.4 cm³/mol. The minimum atomic E-state index is -3.57. The number of nitrogens with two attached hydrogens (primary N) is 1. The van der Waals surface area contributed by atoms with Gasteiger partial charge in [0.2, 0.25) is 20.0 Å². The molecule has 1 aliphatic carbocycles. The molecule has 1 aromatic carbocycles. The van der Waals surface area contributed by atoms with Crippen LogP contribution in [0.1, 0.15) is 18.4 Å². The van der Waals surface area contributed by atoms with Crippen molar-refractivity contribution < 1.29 is 16.8 Å². The lowest BCUT2D eigenvalue weighted by atomic mass is 10.2. The van der Waals surface area contributed by atoms with E-state index in [2.05, 4.69) is 4.72 Å². The molecule has 0 aromatic heterocycles. The molecule has 1 aliphatic rings. The number of hydrogen-bond donors (Lipinski definition) is 2. The van der Waals surface area contributed by atoms with E-state index >= 15 is 0 Å². The van der Waals surface area contributed by atoms with Gasteiger partial charge in [0.1, 0.15) is 0 Å². The molecule has 6 nitrogen and oxygen atoms in total. The van der Waals surface area contributed by atoms with Gasteiger partial charge in [-0.1, -0.05) is 12.1 Å². The minimum Gasteiger partial charge on any atom is -0.284 e. The van der Waals surface area contributed by atoms with Crippen molar-refractivity contribution >= 4 is 25.7 Å². The zero-order valence-electron chi connectivity index (χ0n) is 10.2. The summed E-state index contributed by atoms with van der Waals surface area (Å²) < 4.78 is 47.8. The van der Waals surface area contributed by atoms with Crippen LogP contribution in [0.5, 0.6) is 0 Å². The molecule has 0 bridgehead atoms. The van der Waals surface area contributed by atoms with E-state index < -0.39 is 20.0 Å². The number of sulfonamides is 2. The number of benzene rings is 1. The Morgan fingerprint density at radius 1 is 1.11 bits per heavy atom. The molecule has 3 N–H and O–H groups in total. The van der Waals surface area contributed by atoms with Crippen LogP contribution in [0.25, 0.3) is 0 Å². The summed E-state index contributed by atoms with van der Waals surface area (Å²) >= 11 is 0. The lowest BCUT2D eigenvalue weighted by molar-refractivity contribution is 0.595. The lowest BCUT2D eigenvalue weighted by Gasteiger charge is -2.08. The standard InChI is InChI=1S/C11H16N2O4S2/c12-18(14,15)7-9-3-5-11(6-4-9)13-19(16,17)8-10-1-2-10/h3-6,10,13H,1-2,7-8H2,(H2,12,14,15). The summed E-state index contributed by atoms with van der Waals surface area (Å²) in [5.74, 6) is 0.160. The molecule has 0 heterocycles. The summed E-state index contributed by atoms with van der Waals surface area (Å²) in [6.45, 7) is 0. The van der Waals surface area contributed by atoms with Crippen LogP contribution in [-0.2, 0) is 25.8 Å². The Morgan fingerprint density at radius 2 is 1.68 bits per heavy atom. The molecule has 8 heteroatoms. The van der Waals surface area contributed by atoms with Crippen LogP contribution >= 0.6 is 0 Å². The molecule has 1 fully saturated rings. The third-order valence-electron chi connectivity index (χ3n) is 2.75. The summed E-state index contributed by atoms with van der Waals surface area (Å²) in [6.07, 6.45) is 1.93. The van der Waals surface area contributed by atoms with Crippen molar-refractivity contribution in [2.45, 2.75) is 18.6 Å². The lowest BCUT2D eigenvalue weighted by Crippen LogP contribution is -2.18. The third-order valence-corrected chi connectivity index (χ3v) is 4.94. The molecular formula is C11H16N2O4S2. The quantitative estimate of drug-likeness (QED) is 0.803. The van der Waals surface area contributed by atoms with Gasteiger partial charge >= 0.3 is 0 Å². The zero-order valence-corrected chi connectivity index (χ0v) is 11.9. The van der Waals surface area contributed by atoms with Crippen LogP contribution in [-0.4, -0.2) is 22.6 Å². The summed E-state index contributed by atoms with van der Waals surface area (Å²) in [5.41, 5.74) is 0.950. The van der Waals surface area contributed by atoms with Gasteiger partial charge in [-0.25, -0.2) is 22.0 Å². The highest BCUT2D eigenvalue weighted by atomic mass is 32.2. The van der Waals surface area contributed by atoms with Gasteiger partial charge in [-0.3, -0.25) is 4.72 Å². The van der Waals surface area contributed by atoms with Crippen molar-refractivity contribution in [3.63, 3.8) is 0 Å². The Hall–Kier alpha value is -1.12. The molecule has 0 spiro atoms. The molecule has 0 saturated heterocycles. The SMILES string of the molecule is NS(=O)(=O)Cc1ccc(NS(=O)(=O)CC2CC2)cc1. The highest BCUT2D eigenvalue weighted by molar-refractivity contribution is 7.92. The van der Waals surface area contributed by atoms with E-state index in [1.54, 1.807) is 12.1 Å². The monoisotopic (exact) mass is 304 g/mol. The van der Waals surface area contributed by atoms with E-state index in [0.717, 1.165) is 12.8 Å². The van der Waals surface area contributed by atoms with Crippen molar-refractivity contribution in [1.82, 2.24) is 0 Å². The molecule has 0 unspecified atom stereocenters. The van der Waals surface area contributed by atoms with E-state index in [-0.39, 0.29) is 17.4 Å². The molecule has 0 radical (unpaired) electrons. The van der Waals surface area contributed by atoms with Crippen LogP contribution in [0, 0.1) is 5.92 Å². The second kappa shape index (κ2) is 5.10. The normalized spacial score (nSPS) is 16.3. The Bertz CT molecular complexity index is 646. The van der Waals surface area contributed by atoms with E-state index in [1.165, 1.54) is 12.1 Å². The average molecular weight is 304 g/mol. The second-order valence-electron chi connectivity index (χ2n) is 4.83. The van der Waals surface area contributed by atoms with Crippen molar-refractivity contribution in [2.75, 3.05) is 10.5 Å². The molecular weight excluding hydrogens is 288 g/mol.